The van der Waals surface area contributed by atoms with Crippen molar-refractivity contribution in [3.8, 4) is 23.0 Å². The van der Waals surface area contributed by atoms with Crippen LogP contribution in [0.15, 0.2) is 90.6 Å². The standard InChI is InChI=1S/C47H56N4O/c1-11-14-34-19-20-48-44(24-34)50-41-16-13-12-15-39(41)40-18-17-37(28-42(40)50)52-38-26-35(47(8,9)10)25-36(27-38)51-43(21-29(2)3)46(33(7)49-51)45-31(5)22-30(4)23-32(45)6/h12-13,15-20,22,24-30,32,45H,11,14,21,23H2,1-10H3/t30-,32-,45-/m0/s1. The van der Waals surface area contributed by atoms with Gasteiger partial charge in [0.15, 0.2) is 0 Å². The lowest BCUT2D eigenvalue weighted by molar-refractivity contribution is 0.388. The third kappa shape index (κ3) is 6.83. The largest absolute Gasteiger partial charge is 0.457 e. The van der Waals surface area contributed by atoms with Crippen LogP contribution in [-0.2, 0) is 18.3 Å². The Morgan fingerprint density at radius 3 is 2.38 bits per heavy atom. The van der Waals surface area contributed by atoms with E-state index >= 15 is 0 Å². The Labute approximate surface area is 310 Å². The van der Waals surface area contributed by atoms with Crippen LogP contribution in [0.2, 0.25) is 0 Å². The number of nitrogens with zero attached hydrogens (tertiary/aromatic N) is 4. The van der Waals surface area contributed by atoms with Crippen molar-refractivity contribution >= 4 is 21.8 Å². The topological polar surface area (TPSA) is 44.9 Å². The summed E-state index contributed by atoms with van der Waals surface area (Å²) in [6.45, 7) is 23.0. The molecule has 6 aromatic rings. The number of aryl methyl sites for hydroxylation is 2. The summed E-state index contributed by atoms with van der Waals surface area (Å²) in [5, 5.41) is 7.71. The van der Waals surface area contributed by atoms with E-state index in [2.05, 4.69) is 157 Å². The number of allylic oxidation sites excluding steroid dienone is 2. The van der Waals surface area contributed by atoms with Crippen LogP contribution in [0.4, 0.5) is 0 Å². The second-order valence-corrected chi connectivity index (χ2v) is 16.9. The van der Waals surface area contributed by atoms with Crippen LogP contribution in [0.3, 0.4) is 0 Å². The summed E-state index contributed by atoms with van der Waals surface area (Å²) >= 11 is 0. The Hall–Kier alpha value is -4.64. The highest BCUT2D eigenvalue weighted by atomic mass is 16.5. The van der Waals surface area contributed by atoms with E-state index in [1.807, 2.05) is 6.20 Å². The molecule has 0 amide bonds. The summed E-state index contributed by atoms with van der Waals surface area (Å²) in [4.78, 5) is 4.86. The Kier molecular flexibility index (Phi) is 9.67. The predicted molar refractivity (Wildman–Crippen MR) is 218 cm³/mol. The van der Waals surface area contributed by atoms with Gasteiger partial charge in [-0.1, -0.05) is 91.7 Å². The first kappa shape index (κ1) is 35.7. The first-order valence-electron chi connectivity index (χ1n) is 19.4. The van der Waals surface area contributed by atoms with Crippen molar-refractivity contribution in [3.63, 3.8) is 0 Å². The average molecular weight is 693 g/mol. The number of rotatable bonds is 9. The number of ether oxygens (including phenoxy) is 1. The van der Waals surface area contributed by atoms with Gasteiger partial charge >= 0.3 is 0 Å². The molecule has 7 rings (SSSR count). The zero-order chi connectivity index (χ0) is 36.9. The van der Waals surface area contributed by atoms with E-state index in [9.17, 15) is 0 Å². The van der Waals surface area contributed by atoms with E-state index in [-0.39, 0.29) is 5.41 Å². The van der Waals surface area contributed by atoms with E-state index < -0.39 is 0 Å². The normalized spacial score (nSPS) is 18.1. The number of hydrogen-bond donors (Lipinski definition) is 0. The third-order valence-electron chi connectivity index (χ3n) is 10.9. The molecule has 3 aromatic heterocycles. The van der Waals surface area contributed by atoms with Crippen LogP contribution in [0.1, 0.15) is 109 Å². The summed E-state index contributed by atoms with van der Waals surface area (Å²) in [6.07, 6.45) is 8.71. The van der Waals surface area contributed by atoms with Crippen molar-refractivity contribution in [2.24, 2.45) is 17.8 Å². The van der Waals surface area contributed by atoms with Crippen molar-refractivity contribution in [2.45, 2.75) is 106 Å². The molecule has 0 saturated carbocycles. The van der Waals surface area contributed by atoms with Crippen LogP contribution in [0.5, 0.6) is 11.5 Å². The molecule has 5 heteroatoms. The number of aromatic nitrogens is 4. The van der Waals surface area contributed by atoms with Gasteiger partial charge in [0.25, 0.3) is 0 Å². The first-order valence-corrected chi connectivity index (χ1v) is 19.4. The van der Waals surface area contributed by atoms with Gasteiger partial charge in [-0.2, -0.15) is 5.10 Å². The molecule has 52 heavy (non-hydrogen) atoms. The van der Waals surface area contributed by atoms with Crippen molar-refractivity contribution < 1.29 is 4.74 Å². The number of hydrogen-bond acceptors (Lipinski definition) is 3. The van der Waals surface area contributed by atoms with Gasteiger partial charge in [0.05, 0.1) is 22.4 Å². The Balaban J connectivity index is 1.36. The molecule has 1 aliphatic carbocycles. The monoisotopic (exact) mass is 692 g/mol. The van der Waals surface area contributed by atoms with E-state index in [0.29, 0.717) is 23.7 Å². The molecule has 0 radical (unpaired) electrons. The Morgan fingerprint density at radius 1 is 0.885 bits per heavy atom. The summed E-state index contributed by atoms with van der Waals surface area (Å²) in [5.41, 5.74) is 11.1. The molecule has 3 atom stereocenters. The van der Waals surface area contributed by atoms with Crippen LogP contribution < -0.4 is 4.74 Å². The van der Waals surface area contributed by atoms with Gasteiger partial charge in [0.1, 0.15) is 17.3 Å². The minimum Gasteiger partial charge on any atom is -0.457 e. The van der Waals surface area contributed by atoms with Gasteiger partial charge in [-0.25, -0.2) is 9.67 Å². The van der Waals surface area contributed by atoms with Gasteiger partial charge in [-0.15, -0.1) is 0 Å². The van der Waals surface area contributed by atoms with Crippen LogP contribution in [0, 0.1) is 24.7 Å². The number of pyridine rings is 1. The van der Waals surface area contributed by atoms with Crippen molar-refractivity contribution in [2.75, 3.05) is 0 Å². The maximum atomic E-state index is 6.87. The fraction of sp³-hybridized carbons (Fsp3) is 0.404. The van der Waals surface area contributed by atoms with Gasteiger partial charge < -0.3 is 4.74 Å². The third-order valence-corrected chi connectivity index (χ3v) is 10.9. The highest BCUT2D eigenvalue weighted by Crippen LogP contribution is 2.44. The molecule has 5 nitrogen and oxygen atoms in total. The molecule has 1 aliphatic rings. The molecule has 0 unspecified atom stereocenters. The summed E-state index contributed by atoms with van der Waals surface area (Å²) in [7, 11) is 0. The van der Waals surface area contributed by atoms with Gasteiger partial charge in [-0.05, 0) is 110 Å². The van der Waals surface area contributed by atoms with E-state index in [4.69, 9.17) is 14.8 Å². The molecule has 0 saturated heterocycles. The fourth-order valence-corrected chi connectivity index (χ4v) is 8.71. The highest BCUT2D eigenvalue weighted by Gasteiger charge is 2.33. The summed E-state index contributed by atoms with van der Waals surface area (Å²) < 4.78 is 11.4. The van der Waals surface area contributed by atoms with Crippen molar-refractivity contribution in [1.82, 2.24) is 19.3 Å². The highest BCUT2D eigenvalue weighted by molar-refractivity contribution is 6.09. The van der Waals surface area contributed by atoms with Crippen LogP contribution in [-0.4, -0.2) is 19.3 Å². The SMILES string of the molecule is CCCc1ccnc(-n2c3ccccc3c3ccc(Oc4cc(-n5nc(C)c([C@H]6C(C)=C[C@H](C)C[C@@H]6C)c5CC(C)C)cc(C(C)(C)C)c4)cc32)c1. The lowest BCUT2D eigenvalue weighted by Crippen LogP contribution is -2.21. The Bertz CT molecular complexity index is 2280. The summed E-state index contributed by atoms with van der Waals surface area (Å²) in [5.74, 6) is 4.60. The Morgan fingerprint density at radius 2 is 1.65 bits per heavy atom. The summed E-state index contributed by atoms with van der Waals surface area (Å²) in [6, 6.07) is 26.1. The predicted octanol–water partition coefficient (Wildman–Crippen LogP) is 12.6. The van der Waals surface area contributed by atoms with Crippen molar-refractivity contribution in [1.29, 1.82) is 0 Å². The molecule has 0 bridgehead atoms. The number of fused-ring (bicyclic) bond motifs is 3. The molecule has 0 aliphatic heterocycles. The van der Waals surface area contributed by atoms with Crippen molar-refractivity contribution in [3.05, 3.63) is 119 Å². The van der Waals surface area contributed by atoms with E-state index in [1.54, 1.807) is 0 Å². The van der Waals surface area contributed by atoms with E-state index in [1.165, 1.54) is 45.2 Å². The molecule has 0 spiro atoms. The minimum atomic E-state index is -0.0870. The van der Waals surface area contributed by atoms with Gasteiger partial charge in [0.2, 0.25) is 0 Å². The minimum absolute atomic E-state index is 0.0870. The first-order chi connectivity index (χ1) is 24.8. The molecule has 3 aromatic carbocycles. The second kappa shape index (κ2) is 14.1. The number of para-hydroxylation sites is 1. The maximum absolute atomic E-state index is 6.87. The average Bonchev–Trinajstić information content (AvgIpc) is 3.57. The van der Waals surface area contributed by atoms with Gasteiger partial charge in [-0.3, -0.25) is 4.57 Å². The lowest BCUT2D eigenvalue weighted by atomic mass is 9.72. The zero-order valence-electron chi connectivity index (χ0n) is 32.9. The molecular weight excluding hydrogens is 637 g/mol. The second-order valence-electron chi connectivity index (χ2n) is 16.9. The quantitative estimate of drug-likeness (QED) is 0.142. The molecule has 3 heterocycles. The van der Waals surface area contributed by atoms with Crippen LogP contribution in [0.25, 0.3) is 33.3 Å². The molecule has 0 N–H and O–H groups in total. The van der Waals surface area contributed by atoms with E-state index in [0.717, 1.165) is 59.0 Å². The number of benzene rings is 3. The van der Waals surface area contributed by atoms with Crippen LogP contribution >= 0.6 is 0 Å². The molecule has 270 valence electrons. The zero-order valence-corrected chi connectivity index (χ0v) is 32.9. The lowest BCUT2D eigenvalue weighted by Gasteiger charge is -2.33. The molecular formula is C47H56N4O. The maximum Gasteiger partial charge on any atom is 0.137 e. The fourth-order valence-electron chi connectivity index (χ4n) is 8.71. The smallest absolute Gasteiger partial charge is 0.137 e. The molecule has 0 fully saturated rings. The van der Waals surface area contributed by atoms with Gasteiger partial charge in [0, 0.05) is 46.3 Å².